The number of nitrogens with one attached hydrogen (secondary N) is 1. The molecule has 1 aromatic carbocycles. The Morgan fingerprint density at radius 3 is 3.00 bits per heavy atom. The number of aryl methyl sites for hydroxylation is 1. The highest BCUT2D eigenvalue weighted by Crippen LogP contribution is 2.23. The average molecular weight is 312 g/mol. The van der Waals surface area contributed by atoms with Crippen molar-refractivity contribution in [2.45, 2.75) is 26.4 Å². The lowest BCUT2D eigenvalue weighted by Crippen LogP contribution is -2.00. The molecule has 96 valence electrons. The predicted octanol–water partition coefficient (Wildman–Crippen LogP) is 3.81. The first-order chi connectivity index (χ1) is 8.69. The maximum absolute atomic E-state index is 12.9. The number of rotatable bonds is 5. The second-order valence-corrected chi connectivity index (χ2v) is 4.94. The van der Waals surface area contributed by atoms with E-state index >= 15 is 0 Å². The van der Waals surface area contributed by atoms with Crippen LogP contribution in [0.1, 0.15) is 18.9 Å². The molecule has 1 heterocycles. The van der Waals surface area contributed by atoms with Gasteiger partial charge in [0.15, 0.2) is 0 Å². The Bertz CT molecular complexity index is 525. The van der Waals surface area contributed by atoms with Gasteiger partial charge in [0.2, 0.25) is 0 Å². The van der Waals surface area contributed by atoms with Crippen LogP contribution in [0.25, 0.3) is 0 Å². The number of halogens is 2. The summed E-state index contributed by atoms with van der Waals surface area (Å²) < 4.78 is 15.6. The van der Waals surface area contributed by atoms with Crippen molar-refractivity contribution >= 4 is 21.6 Å². The van der Waals surface area contributed by atoms with E-state index in [1.54, 1.807) is 6.07 Å². The molecule has 0 radical (unpaired) electrons. The SMILES string of the molecule is CCCn1cc(CNc2ccc(F)cc2Br)cn1. The second kappa shape index (κ2) is 6.00. The minimum Gasteiger partial charge on any atom is -0.380 e. The third kappa shape index (κ3) is 3.32. The lowest BCUT2D eigenvalue weighted by molar-refractivity contribution is 0.602. The molecular weight excluding hydrogens is 297 g/mol. The van der Waals surface area contributed by atoms with Gasteiger partial charge in [-0.2, -0.15) is 5.10 Å². The maximum atomic E-state index is 12.9. The van der Waals surface area contributed by atoms with Gasteiger partial charge in [0.25, 0.3) is 0 Å². The van der Waals surface area contributed by atoms with Crippen molar-refractivity contribution in [3.63, 3.8) is 0 Å². The zero-order valence-corrected chi connectivity index (χ0v) is 11.7. The van der Waals surface area contributed by atoms with Gasteiger partial charge in [-0.05, 0) is 40.5 Å². The van der Waals surface area contributed by atoms with Gasteiger partial charge in [-0.25, -0.2) is 4.39 Å². The normalized spacial score (nSPS) is 10.6. The number of hydrogen-bond donors (Lipinski definition) is 1. The number of nitrogens with zero attached hydrogens (tertiary/aromatic N) is 2. The summed E-state index contributed by atoms with van der Waals surface area (Å²) in [6.07, 6.45) is 4.94. The van der Waals surface area contributed by atoms with E-state index in [0.29, 0.717) is 6.54 Å². The molecule has 3 nitrogen and oxygen atoms in total. The Labute approximate surface area is 114 Å². The van der Waals surface area contributed by atoms with Gasteiger partial charge in [-0.3, -0.25) is 4.68 Å². The van der Waals surface area contributed by atoms with Crippen molar-refractivity contribution in [1.82, 2.24) is 9.78 Å². The summed E-state index contributed by atoms with van der Waals surface area (Å²) in [6, 6.07) is 4.60. The summed E-state index contributed by atoms with van der Waals surface area (Å²) in [6.45, 7) is 3.73. The van der Waals surface area contributed by atoms with Gasteiger partial charge in [0, 0.05) is 35.0 Å². The summed E-state index contributed by atoms with van der Waals surface area (Å²) in [5.41, 5.74) is 1.99. The highest BCUT2D eigenvalue weighted by molar-refractivity contribution is 9.10. The van der Waals surface area contributed by atoms with Crippen LogP contribution in [-0.2, 0) is 13.1 Å². The van der Waals surface area contributed by atoms with Crippen LogP contribution in [-0.4, -0.2) is 9.78 Å². The third-order valence-electron chi connectivity index (χ3n) is 2.55. The van der Waals surface area contributed by atoms with Crippen LogP contribution >= 0.6 is 15.9 Å². The van der Waals surface area contributed by atoms with Gasteiger partial charge in [0.1, 0.15) is 5.82 Å². The highest BCUT2D eigenvalue weighted by atomic mass is 79.9. The molecule has 0 aliphatic carbocycles. The van der Waals surface area contributed by atoms with Gasteiger partial charge in [-0.1, -0.05) is 6.92 Å². The minimum atomic E-state index is -0.247. The first-order valence-corrected chi connectivity index (χ1v) is 6.68. The molecule has 2 aromatic rings. The Hall–Kier alpha value is -1.36. The van der Waals surface area contributed by atoms with Gasteiger partial charge < -0.3 is 5.32 Å². The van der Waals surface area contributed by atoms with Crippen LogP contribution in [0.3, 0.4) is 0 Å². The van der Waals surface area contributed by atoms with E-state index in [9.17, 15) is 4.39 Å². The van der Waals surface area contributed by atoms with E-state index in [0.717, 1.165) is 28.7 Å². The molecule has 0 spiro atoms. The topological polar surface area (TPSA) is 29.9 Å². The van der Waals surface area contributed by atoms with Crippen molar-refractivity contribution in [1.29, 1.82) is 0 Å². The van der Waals surface area contributed by atoms with Crippen molar-refractivity contribution in [2.75, 3.05) is 5.32 Å². The number of benzene rings is 1. The number of aromatic nitrogens is 2. The molecule has 18 heavy (non-hydrogen) atoms. The van der Waals surface area contributed by atoms with E-state index in [4.69, 9.17) is 0 Å². The Morgan fingerprint density at radius 1 is 1.44 bits per heavy atom. The lowest BCUT2D eigenvalue weighted by Gasteiger charge is -2.07. The fourth-order valence-corrected chi connectivity index (χ4v) is 2.17. The largest absolute Gasteiger partial charge is 0.380 e. The minimum absolute atomic E-state index is 0.247. The first-order valence-electron chi connectivity index (χ1n) is 5.89. The molecule has 0 aliphatic rings. The molecule has 0 bridgehead atoms. The molecule has 0 atom stereocenters. The van der Waals surface area contributed by atoms with Crippen molar-refractivity contribution in [3.8, 4) is 0 Å². The van der Waals surface area contributed by atoms with E-state index in [1.165, 1.54) is 12.1 Å². The average Bonchev–Trinajstić information content (AvgIpc) is 2.76. The molecule has 2 rings (SSSR count). The van der Waals surface area contributed by atoms with Crippen molar-refractivity contribution < 1.29 is 4.39 Å². The predicted molar refractivity (Wildman–Crippen MR) is 73.9 cm³/mol. The smallest absolute Gasteiger partial charge is 0.124 e. The Morgan fingerprint density at radius 2 is 2.28 bits per heavy atom. The molecular formula is C13H15BrFN3. The summed E-state index contributed by atoms with van der Waals surface area (Å²) >= 11 is 3.33. The molecule has 0 fully saturated rings. The molecule has 1 aromatic heterocycles. The van der Waals surface area contributed by atoms with E-state index in [1.807, 2.05) is 17.1 Å². The van der Waals surface area contributed by atoms with Crippen LogP contribution in [0.5, 0.6) is 0 Å². The molecule has 0 unspecified atom stereocenters. The molecule has 5 heteroatoms. The monoisotopic (exact) mass is 311 g/mol. The van der Waals surface area contributed by atoms with Crippen LogP contribution < -0.4 is 5.32 Å². The standard InChI is InChI=1S/C13H15BrFN3/c1-2-5-18-9-10(8-17-18)7-16-13-4-3-11(15)6-12(13)14/h3-4,6,8-9,16H,2,5,7H2,1H3. The van der Waals surface area contributed by atoms with Gasteiger partial charge >= 0.3 is 0 Å². The summed E-state index contributed by atoms with van der Waals surface area (Å²) in [5, 5.41) is 7.50. The molecule has 0 aliphatic heterocycles. The maximum Gasteiger partial charge on any atom is 0.124 e. The van der Waals surface area contributed by atoms with E-state index in [2.05, 4.69) is 33.3 Å². The Kier molecular flexibility index (Phi) is 4.36. The molecule has 1 N–H and O–H groups in total. The fourth-order valence-electron chi connectivity index (χ4n) is 1.68. The number of hydrogen-bond acceptors (Lipinski definition) is 2. The van der Waals surface area contributed by atoms with Crippen LogP contribution in [0.15, 0.2) is 35.1 Å². The number of anilines is 1. The molecule has 0 saturated carbocycles. The van der Waals surface area contributed by atoms with E-state index in [-0.39, 0.29) is 5.82 Å². The van der Waals surface area contributed by atoms with Gasteiger partial charge in [0.05, 0.1) is 6.20 Å². The summed E-state index contributed by atoms with van der Waals surface area (Å²) in [7, 11) is 0. The van der Waals surface area contributed by atoms with Crippen LogP contribution in [0.2, 0.25) is 0 Å². The van der Waals surface area contributed by atoms with Crippen molar-refractivity contribution in [2.24, 2.45) is 0 Å². The second-order valence-electron chi connectivity index (χ2n) is 4.09. The van der Waals surface area contributed by atoms with Gasteiger partial charge in [-0.15, -0.1) is 0 Å². The quantitative estimate of drug-likeness (QED) is 0.910. The highest BCUT2D eigenvalue weighted by Gasteiger charge is 2.02. The zero-order valence-electron chi connectivity index (χ0n) is 10.2. The van der Waals surface area contributed by atoms with E-state index < -0.39 is 0 Å². The Balaban J connectivity index is 1.97. The van der Waals surface area contributed by atoms with Crippen molar-refractivity contribution in [3.05, 3.63) is 46.4 Å². The molecule has 0 amide bonds. The summed E-state index contributed by atoms with van der Waals surface area (Å²) in [5.74, 6) is -0.247. The third-order valence-corrected chi connectivity index (χ3v) is 3.21. The molecule has 0 saturated heterocycles. The summed E-state index contributed by atoms with van der Waals surface area (Å²) in [4.78, 5) is 0. The zero-order chi connectivity index (χ0) is 13.0. The van der Waals surface area contributed by atoms with Crippen LogP contribution in [0.4, 0.5) is 10.1 Å². The first kappa shape index (κ1) is 13.1. The fraction of sp³-hybridized carbons (Fsp3) is 0.308. The lowest BCUT2D eigenvalue weighted by atomic mass is 10.3. The van der Waals surface area contributed by atoms with Crippen LogP contribution in [0, 0.1) is 5.82 Å².